The highest BCUT2D eigenvalue weighted by molar-refractivity contribution is 5.21. The van der Waals surface area contributed by atoms with Gasteiger partial charge >= 0.3 is 0 Å². The molecule has 1 saturated heterocycles. The molecule has 2 fully saturated rings. The van der Waals surface area contributed by atoms with Crippen LogP contribution < -0.4 is 10.6 Å². The van der Waals surface area contributed by atoms with Crippen molar-refractivity contribution in [2.45, 2.75) is 105 Å². The smallest absolute Gasteiger partial charge is 0.0922 e. The lowest BCUT2D eigenvalue weighted by atomic mass is 9.79. The van der Waals surface area contributed by atoms with E-state index in [1.807, 2.05) is 0 Å². The van der Waals surface area contributed by atoms with Gasteiger partial charge in [-0.1, -0.05) is 86.1 Å². The molecule has 0 radical (unpaired) electrons. The van der Waals surface area contributed by atoms with Gasteiger partial charge in [0.15, 0.2) is 0 Å². The molecule has 0 bridgehead atoms. The third kappa shape index (κ3) is 5.41. The van der Waals surface area contributed by atoms with Gasteiger partial charge in [0.2, 0.25) is 0 Å². The van der Waals surface area contributed by atoms with Crippen molar-refractivity contribution in [3.63, 3.8) is 0 Å². The number of likely N-dealkylation sites (tertiary alicyclic amines) is 1. The van der Waals surface area contributed by atoms with Crippen LogP contribution in [0.1, 0.15) is 87.0 Å². The maximum atomic E-state index is 4.60. The van der Waals surface area contributed by atoms with Gasteiger partial charge in [-0.15, -0.1) is 0 Å². The molecule has 1 saturated carbocycles. The molecule has 0 spiro atoms. The van der Waals surface area contributed by atoms with E-state index in [2.05, 4.69) is 83.7 Å². The SMILES string of the molecule is C=C(NC(C(=C)N1CC(C)C(C)C1C(=C)C)C(C)(C)C)NC1(CC)CCCCC1. The molecule has 0 aromatic heterocycles. The average Bonchev–Trinajstić information content (AvgIpc) is 2.94. The Balaban J connectivity index is 2.18. The van der Waals surface area contributed by atoms with Gasteiger partial charge in [0.1, 0.15) is 0 Å². The van der Waals surface area contributed by atoms with Crippen LogP contribution in [-0.4, -0.2) is 29.1 Å². The summed E-state index contributed by atoms with van der Waals surface area (Å²) in [5.41, 5.74) is 2.63. The number of nitrogens with zero attached hydrogens (tertiary/aromatic N) is 1. The summed E-state index contributed by atoms with van der Waals surface area (Å²) in [7, 11) is 0. The minimum atomic E-state index is 0.0301. The van der Waals surface area contributed by atoms with Crippen LogP contribution in [0.4, 0.5) is 0 Å². The second-order valence-corrected chi connectivity index (χ2v) is 11.0. The molecule has 1 aliphatic carbocycles. The van der Waals surface area contributed by atoms with Crippen molar-refractivity contribution in [1.29, 1.82) is 0 Å². The van der Waals surface area contributed by atoms with Gasteiger partial charge in [-0.2, -0.15) is 0 Å². The molecule has 0 aromatic carbocycles. The summed E-state index contributed by atoms with van der Waals surface area (Å²) in [5, 5.41) is 7.55. The predicted octanol–water partition coefficient (Wildman–Crippen LogP) is 6.21. The second kappa shape index (κ2) is 9.18. The quantitative estimate of drug-likeness (QED) is 0.473. The van der Waals surface area contributed by atoms with Crippen molar-refractivity contribution >= 4 is 0 Å². The molecular formula is C26H47N3. The minimum absolute atomic E-state index is 0.0301. The Morgan fingerprint density at radius 3 is 2.17 bits per heavy atom. The molecule has 2 rings (SSSR count). The molecule has 0 amide bonds. The van der Waals surface area contributed by atoms with Gasteiger partial charge in [-0.3, -0.25) is 0 Å². The summed E-state index contributed by atoms with van der Waals surface area (Å²) < 4.78 is 0. The van der Waals surface area contributed by atoms with Crippen molar-refractivity contribution in [3.8, 4) is 0 Å². The van der Waals surface area contributed by atoms with E-state index >= 15 is 0 Å². The minimum Gasteiger partial charge on any atom is -0.367 e. The largest absolute Gasteiger partial charge is 0.367 e. The first-order valence-corrected chi connectivity index (χ1v) is 11.8. The fourth-order valence-electron chi connectivity index (χ4n) is 5.49. The Labute approximate surface area is 181 Å². The van der Waals surface area contributed by atoms with E-state index in [9.17, 15) is 0 Å². The summed E-state index contributed by atoms with van der Waals surface area (Å²) in [6.45, 7) is 30.4. The molecular weight excluding hydrogens is 354 g/mol. The Hall–Kier alpha value is -1.38. The molecule has 166 valence electrons. The van der Waals surface area contributed by atoms with Gasteiger partial charge in [0.05, 0.1) is 17.9 Å². The Bertz CT molecular complexity index is 606. The highest BCUT2D eigenvalue weighted by Gasteiger charge is 2.41. The first-order valence-electron chi connectivity index (χ1n) is 11.8. The van der Waals surface area contributed by atoms with Crippen molar-refractivity contribution in [3.05, 3.63) is 36.8 Å². The molecule has 1 aliphatic heterocycles. The third-order valence-electron chi connectivity index (χ3n) is 7.51. The number of nitrogens with one attached hydrogen (secondary N) is 2. The fourth-order valence-corrected chi connectivity index (χ4v) is 5.49. The van der Waals surface area contributed by atoms with Crippen LogP contribution in [0.3, 0.4) is 0 Å². The zero-order valence-corrected chi connectivity index (χ0v) is 20.3. The number of rotatable bonds is 8. The van der Waals surface area contributed by atoms with E-state index in [0.29, 0.717) is 17.9 Å². The average molecular weight is 402 g/mol. The highest BCUT2D eigenvalue weighted by atomic mass is 15.2. The molecule has 4 unspecified atom stereocenters. The van der Waals surface area contributed by atoms with Gasteiger partial charge < -0.3 is 15.5 Å². The molecule has 2 N–H and O–H groups in total. The maximum absolute atomic E-state index is 4.60. The van der Waals surface area contributed by atoms with Crippen molar-refractivity contribution in [2.75, 3.05) is 6.54 Å². The van der Waals surface area contributed by atoms with Crippen LogP contribution >= 0.6 is 0 Å². The Kier molecular flexibility index (Phi) is 7.57. The van der Waals surface area contributed by atoms with Gasteiger partial charge in [0, 0.05) is 17.8 Å². The summed E-state index contributed by atoms with van der Waals surface area (Å²) in [6, 6.07) is 0.491. The highest BCUT2D eigenvalue weighted by Crippen LogP contribution is 2.39. The summed E-state index contributed by atoms with van der Waals surface area (Å²) in [6.07, 6.45) is 7.61. The fraction of sp³-hybridized carbons (Fsp3) is 0.769. The van der Waals surface area contributed by atoms with Crippen LogP contribution in [-0.2, 0) is 0 Å². The van der Waals surface area contributed by atoms with Crippen LogP contribution in [0.15, 0.2) is 36.8 Å². The second-order valence-electron chi connectivity index (χ2n) is 11.0. The van der Waals surface area contributed by atoms with E-state index in [0.717, 1.165) is 18.8 Å². The standard InChI is InChI=1S/C26H47N3/c1-11-26(15-13-12-14-16-26)28-22(7)27-24(25(8,9)10)21(6)29-17-19(4)20(5)23(29)18(2)3/h19-20,23-24,27-28H,2,6-7,11-17H2,1,3-5,8-10H3. The molecule has 29 heavy (non-hydrogen) atoms. The number of hydrogen-bond donors (Lipinski definition) is 2. The molecule has 0 aromatic rings. The lowest BCUT2D eigenvalue weighted by Gasteiger charge is -2.44. The molecule has 3 heteroatoms. The monoisotopic (exact) mass is 401 g/mol. The van der Waals surface area contributed by atoms with Crippen molar-refractivity contribution in [1.82, 2.24) is 15.5 Å². The lowest BCUT2D eigenvalue weighted by molar-refractivity contribution is 0.209. The Morgan fingerprint density at radius 2 is 1.69 bits per heavy atom. The Morgan fingerprint density at radius 1 is 1.10 bits per heavy atom. The van der Waals surface area contributed by atoms with E-state index in [4.69, 9.17) is 0 Å². The van der Waals surface area contributed by atoms with Gasteiger partial charge in [0.25, 0.3) is 0 Å². The zero-order chi connectivity index (χ0) is 22.0. The molecule has 3 nitrogen and oxygen atoms in total. The molecule has 1 heterocycles. The first kappa shape index (κ1) is 23.9. The van der Waals surface area contributed by atoms with Crippen molar-refractivity contribution < 1.29 is 0 Å². The zero-order valence-electron chi connectivity index (χ0n) is 20.3. The van der Waals surface area contributed by atoms with Crippen LogP contribution in [0, 0.1) is 17.3 Å². The number of hydrogen-bond acceptors (Lipinski definition) is 3. The third-order valence-corrected chi connectivity index (χ3v) is 7.51. The van der Waals surface area contributed by atoms with Gasteiger partial charge in [-0.25, -0.2) is 0 Å². The summed E-state index contributed by atoms with van der Waals surface area (Å²) in [5.74, 6) is 2.18. The summed E-state index contributed by atoms with van der Waals surface area (Å²) >= 11 is 0. The predicted molar refractivity (Wildman–Crippen MR) is 128 cm³/mol. The molecule has 4 atom stereocenters. The van der Waals surface area contributed by atoms with Crippen molar-refractivity contribution in [2.24, 2.45) is 17.3 Å². The van der Waals surface area contributed by atoms with E-state index < -0.39 is 0 Å². The van der Waals surface area contributed by atoms with E-state index in [-0.39, 0.29) is 17.0 Å². The van der Waals surface area contributed by atoms with Crippen LogP contribution in [0.25, 0.3) is 0 Å². The lowest BCUT2D eigenvalue weighted by Crippen LogP contribution is -2.53. The normalized spacial score (nSPS) is 28.0. The summed E-state index contributed by atoms with van der Waals surface area (Å²) in [4.78, 5) is 2.50. The van der Waals surface area contributed by atoms with Gasteiger partial charge in [-0.05, 0) is 43.4 Å². The van der Waals surface area contributed by atoms with E-state index in [1.54, 1.807) is 0 Å². The maximum Gasteiger partial charge on any atom is 0.0922 e. The first-order chi connectivity index (χ1) is 13.4. The van der Waals surface area contributed by atoms with Crippen LogP contribution in [0.2, 0.25) is 0 Å². The molecule has 2 aliphatic rings. The topological polar surface area (TPSA) is 27.3 Å². The van der Waals surface area contributed by atoms with Crippen LogP contribution in [0.5, 0.6) is 0 Å². The van der Waals surface area contributed by atoms with E-state index in [1.165, 1.54) is 43.4 Å².